The lowest BCUT2D eigenvalue weighted by atomic mass is 9.44. The lowest BCUT2D eigenvalue weighted by molar-refractivity contribution is -0.345. The number of aliphatic hydroxyl groups excluding tert-OH is 1. The molecule has 18 nitrogen and oxygen atoms in total. The average molecular weight is 906 g/mol. The van der Waals surface area contributed by atoms with Crippen molar-refractivity contribution in [2.75, 3.05) is 6.61 Å². The van der Waals surface area contributed by atoms with Crippen molar-refractivity contribution in [1.29, 1.82) is 0 Å². The van der Waals surface area contributed by atoms with Crippen molar-refractivity contribution in [3.63, 3.8) is 0 Å². The van der Waals surface area contributed by atoms with Gasteiger partial charge in [-0.25, -0.2) is 19.2 Å². The minimum atomic E-state index is -2.64. The van der Waals surface area contributed by atoms with Crippen molar-refractivity contribution >= 4 is 41.9 Å². The highest BCUT2D eigenvalue weighted by atomic mass is 16.8. The standard InChI is InChI=1S/C47H55NO17/c1-23-30-32(59-24(2)49)35(52)44(9)28(51)21-29-46(22-58-29,63-25(3)50)33(44)37(61-38(53)27-19-15-12-16-20-27)47(43(30,7)8)36(62-41(56)65-47)31(23)60-39(54)45(10,57)34(26-17-13-11-14-18-26)48-40(55)64-42(4,5)6/h11-20,28-29,31-34,36-37,51,57H,21-22H2,1-10H3,(H,48,55)/t28-,29?,31+,32+,33?,34+,36?,37-,44+,45+,46-,47+/m0/s1. The molecule has 2 aromatic carbocycles. The summed E-state index contributed by atoms with van der Waals surface area (Å²) in [6.45, 7) is 13.7. The van der Waals surface area contributed by atoms with Crippen LogP contribution in [0.15, 0.2) is 71.8 Å². The second-order valence-electron chi connectivity index (χ2n) is 19.3. The van der Waals surface area contributed by atoms with E-state index in [0.29, 0.717) is 0 Å². The fraction of sp³-hybridized carbons (Fsp3) is 0.553. The maximum absolute atomic E-state index is 15.7. The molecule has 0 aromatic heterocycles. The van der Waals surface area contributed by atoms with Gasteiger partial charge in [-0.2, -0.15) is 0 Å². The Labute approximate surface area is 375 Å². The summed E-state index contributed by atoms with van der Waals surface area (Å²) in [6, 6.07) is 14.2. The SMILES string of the molecule is CC(=O)O[C@H]1C(=O)[C@@]2(C)C([C@H](OC(=O)c3ccccc3)[C@]34OC(=O)OC3[C@H](OC(=O)[C@](C)(O)[C@H](NC(=O)OC(C)(C)C)c3ccccc3)C(C)=C1C4(C)C)[C@]1(OC(C)=O)COC1C[C@@H]2O. The summed E-state index contributed by atoms with van der Waals surface area (Å²) < 4.78 is 48.5. The van der Waals surface area contributed by atoms with Crippen LogP contribution in [0.3, 0.4) is 0 Å². The largest absolute Gasteiger partial charge is 0.509 e. The molecule has 65 heavy (non-hydrogen) atoms. The number of ether oxygens (including phenoxy) is 8. The van der Waals surface area contributed by atoms with Crippen molar-refractivity contribution in [2.24, 2.45) is 16.7 Å². The van der Waals surface area contributed by atoms with E-state index in [4.69, 9.17) is 37.9 Å². The molecular formula is C47H55NO17. The number of hydrogen-bond donors (Lipinski definition) is 3. The average Bonchev–Trinajstić information content (AvgIpc) is 3.58. The normalized spacial score (nSPS) is 33.5. The molecule has 2 saturated heterocycles. The number of amides is 1. The van der Waals surface area contributed by atoms with Crippen LogP contribution in [-0.4, -0.2) is 118 Å². The predicted molar refractivity (Wildman–Crippen MR) is 222 cm³/mol. The van der Waals surface area contributed by atoms with E-state index >= 15 is 4.79 Å². The Morgan fingerprint density at radius 1 is 0.877 bits per heavy atom. The number of nitrogens with one attached hydrogen (secondary N) is 1. The second-order valence-corrected chi connectivity index (χ2v) is 19.3. The molecular weight excluding hydrogens is 851 g/mol. The molecule has 1 amide bonds. The van der Waals surface area contributed by atoms with Crippen LogP contribution in [0.2, 0.25) is 0 Å². The van der Waals surface area contributed by atoms with Crippen molar-refractivity contribution in [1.82, 2.24) is 5.32 Å². The molecule has 2 saturated carbocycles. The lowest BCUT2D eigenvalue weighted by Crippen LogP contribution is -2.83. The van der Waals surface area contributed by atoms with Crippen molar-refractivity contribution in [2.45, 2.75) is 141 Å². The number of carbonyl (C=O) groups excluding carboxylic acids is 7. The van der Waals surface area contributed by atoms with E-state index in [9.17, 15) is 39.0 Å². The van der Waals surface area contributed by atoms with Gasteiger partial charge < -0.3 is 53.4 Å². The molecule has 2 aliphatic heterocycles. The van der Waals surface area contributed by atoms with Gasteiger partial charge >= 0.3 is 36.1 Å². The number of esters is 4. The topological polar surface area (TPSA) is 246 Å². The summed E-state index contributed by atoms with van der Waals surface area (Å²) in [5.41, 5.74) is -11.6. The minimum absolute atomic E-state index is 0.00840. The van der Waals surface area contributed by atoms with Crippen LogP contribution in [0, 0.1) is 16.7 Å². The lowest BCUT2D eigenvalue weighted by Gasteiger charge is -2.67. The van der Waals surface area contributed by atoms with Gasteiger partial charge in [0.25, 0.3) is 0 Å². The Morgan fingerprint density at radius 2 is 1.49 bits per heavy atom. The number of Topliss-reactive ketones (excluding diaryl/α,β-unsaturated/α-hetero) is 1. The Bertz CT molecular complexity index is 2320. The van der Waals surface area contributed by atoms with E-state index in [-0.39, 0.29) is 35.3 Å². The van der Waals surface area contributed by atoms with E-state index in [1.165, 1.54) is 39.8 Å². The summed E-state index contributed by atoms with van der Waals surface area (Å²) in [5.74, 6) is -6.71. The van der Waals surface area contributed by atoms with Gasteiger partial charge in [-0.15, -0.1) is 0 Å². The third kappa shape index (κ3) is 7.52. The van der Waals surface area contributed by atoms with E-state index in [0.717, 1.165) is 20.8 Å². The maximum atomic E-state index is 15.7. The molecule has 2 aromatic rings. The van der Waals surface area contributed by atoms with Gasteiger partial charge in [0.05, 0.1) is 35.6 Å². The summed E-state index contributed by atoms with van der Waals surface area (Å²) in [4.78, 5) is 98.6. The molecule has 18 heteroatoms. The molecule has 3 unspecified atom stereocenters. The number of hydrogen-bond acceptors (Lipinski definition) is 17. The van der Waals surface area contributed by atoms with Crippen molar-refractivity contribution < 1.29 is 81.7 Å². The molecule has 7 rings (SSSR count). The zero-order valence-corrected chi connectivity index (χ0v) is 37.8. The third-order valence-corrected chi connectivity index (χ3v) is 13.7. The fourth-order valence-electron chi connectivity index (χ4n) is 10.7. The molecule has 2 bridgehead atoms. The number of alkyl carbamates (subject to hydrolysis) is 1. The summed E-state index contributed by atoms with van der Waals surface area (Å²) >= 11 is 0. The van der Waals surface area contributed by atoms with Gasteiger partial charge in [-0.3, -0.25) is 14.4 Å². The molecule has 0 radical (unpaired) electrons. The van der Waals surface area contributed by atoms with E-state index in [1.54, 1.807) is 69.3 Å². The van der Waals surface area contributed by atoms with E-state index < -0.39 is 124 Å². The fourth-order valence-corrected chi connectivity index (χ4v) is 10.7. The first kappa shape index (κ1) is 47.1. The molecule has 3 N–H and O–H groups in total. The molecule has 5 aliphatic rings. The molecule has 4 fully saturated rings. The first-order valence-corrected chi connectivity index (χ1v) is 21.3. The Morgan fingerprint density at radius 3 is 2.05 bits per heavy atom. The van der Waals surface area contributed by atoms with Crippen LogP contribution in [0.4, 0.5) is 9.59 Å². The van der Waals surface area contributed by atoms with Crippen LogP contribution in [-0.2, 0) is 57.1 Å². The van der Waals surface area contributed by atoms with E-state index in [1.807, 2.05) is 0 Å². The molecule has 12 atom stereocenters. The first-order valence-electron chi connectivity index (χ1n) is 21.3. The van der Waals surface area contributed by atoms with Gasteiger partial charge in [0.2, 0.25) is 5.60 Å². The molecule has 3 aliphatic carbocycles. The highest BCUT2D eigenvalue weighted by Crippen LogP contribution is 2.67. The zero-order chi connectivity index (χ0) is 47.8. The van der Waals surface area contributed by atoms with Crippen LogP contribution in [0.25, 0.3) is 0 Å². The Balaban J connectivity index is 1.48. The van der Waals surface area contributed by atoms with Gasteiger partial charge in [0.15, 0.2) is 41.4 Å². The Kier molecular flexibility index (Phi) is 11.8. The number of carbonyl (C=O) groups is 7. The predicted octanol–water partition coefficient (Wildman–Crippen LogP) is 4.37. The quantitative estimate of drug-likeness (QED) is 0.180. The number of fused-ring (bicyclic) bond motifs is 4. The van der Waals surface area contributed by atoms with Crippen LogP contribution in [0.1, 0.15) is 97.6 Å². The smallest absolute Gasteiger partial charge is 0.454 e. The van der Waals surface area contributed by atoms with Crippen LogP contribution < -0.4 is 5.32 Å². The number of ketones is 1. The first-order chi connectivity index (χ1) is 30.2. The van der Waals surface area contributed by atoms with Gasteiger partial charge in [0.1, 0.15) is 11.7 Å². The number of rotatable bonds is 9. The van der Waals surface area contributed by atoms with Crippen molar-refractivity contribution in [3.05, 3.63) is 82.9 Å². The number of benzene rings is 2. The van der Waals surface area contributed by atoms with Gasteiger partial charge in [-0.05, 0) is 70.4 Å². The molecule has 2 heterocycles. The summed E-state index contributed by atoms with van der Waals surface area (Å²) in [7, 11) is 0. The Hall–Kier alpha value is -5.85. The summed E-state index contributed by atoms with van der Waals surface area (Å²) in [6.07, 6.45) is -12.8. The second kappa shape index (κ2) is 16.2. The summed E-state index contributed by atoms with van der Waals surface area (Å²) in [5, 5.41) is 27.1. The van der Waals surface area contributed by atoms with Gasteiger partial charge in [-0.1, -0.05) is 62.4 Å². The minimum Gasteiger partial charge on any atom is -0.454 e. The highest BCUT2D eigenvalue weighted by molar-refractivity contribution is 5.96. The van der Waals surface area contributed by atoms with Crippen LogP contribution >= 0.6 is 0 Å². The molecule has 1 spiro atoms. The van der Waals surface area contributed by atoms with Crippen LogP contribution in [0.5, 0.6) is 0 Å². The maximum Gasteiger partial charge on any atom is 0.509 e. The molecule has 350 valence electrons. The highest BCUT2D eigenvalue weighted by Gasteiger charge is 2.83. The van der Waals surface area contributed by atoms with E-state index in [2.05, 4.69) is 5.32 Å². The monoisotopic (exact) mass is 905 g/mol. The number of aliphatic hydroxyl groups is 2. The van der Waals surface area contributed by atoms with Gasteiger partial charge in [0, 0.05) is 25.7 Å². The third-order valence-electron chi connectivity index (χ3n) is 13.7. The zero-order valence-electron chi connectivity index (χ0n) is 37.8. The van der Waals surface area contributed by atoms with Crippen molar-refractivity contribution in [3.8, 4) is 0 Å².